The number of benzene rings is 1. The van der Waals surface area contributed by atoms with E-state index in [1.54, 1.807) is 0 Å². The van der Waals surface area contributed by atoms with Gasteiger partial charge in [0.15, 0.2) is 0 Å². The summed E-state index contributed by atoms with van der Waals surface area (Å²) in [7, 11) is 0. The van der Waals surface area contributed by atoms with Crippen molar-refractivity contribution in [3.63, 3.8) is 0 Å². The summed E-state index contributed by atoms with van der Waals surface area (Å²) >= 11 is 0. The lowest BCUT2D eigenvalue weighted by Crippen LogP contribution is -2.54. The Kier molecular flexibility index (Phi) is 8.90. The molecule has 6 bridgehead atoms. The van der Waals surface area contributed by atoms with E-state index < -0.39 is 12.1 Å². The quantitative estimate of drug-likeness (QED) is 0.416. The van der Waals surface area contributed by atoms with Crippen LogP contribution < -0.4 is 5.73 Å². The largest absolute Gasteiger partial charge is 0.490 e. The van der Waals surface area contributed by atoms with Crippen molar-refractivity contribution >= 4 is 17.8 Å². The van der Waals surface area contributed by atoms with Gasteiger partial charge in [0.25, 0.3) is 0 Å². The Hall–Kier alpha value is -2.66. The summed E-state index contributed by atoms with van der Waals surface area (Å²) < 4.78 is 31.7. The Bertz CT molecular complexity index is 1130. The number of hydrogen-bond donors (Lipinski definition) is 3. The van der Waals surface area contributed by atoms with Gasteiger partial charge in [-0.2, -0.15) is 13.2 Å². The number of carboxylic acids is 1. The lowest BCUT2D eigenvalue weighted by Gasteiger charge is -2.58. The summed E-state index contributed by atoms with van der Waals surface area (Å²) in [6.07, 6.45) is 7.44. The smallest absolute Gasteiger partial charge is 0.475 e. The van der Waals surface area contributed by atoms with E-state index in [9.17, 15) is 27.9 Å². The van der Waals surface area contributed by atoms with Crippen molar-refractivity contribution in [3.05, 3.63) is 35.4 Å². The number of fused-ring (bicyclic) bond motifs is 2. The van der Waals surface area contributed by atoms with E-state index >= 15 is 0 Å². The van der Waals surface area contributed by atoms with Crippen LogP contribution in [0.2, 0.25) is 0 Å². The molecule has 2 atom stereocenters. The average Bonchev–Trinajstić information content (AvgIpc) is 3.15. The number of rotatable bonds is 8. The highest BCUT2D eigenvalue weighted by atomic mass is 19.4. The number of carboxylic acid groups (broad SMARTS) is 1. The number of nitrogens with zero attached hydrogens (tertiary/aromatic N) is 2. The topological polar surface area (TPSA) is 124 Å². The summed E-state index contributed by atoms with van der Waals surface area (Å²) in [5.41, 5.74) is 7.74. The van der Waals surface area contributed by atoms with Gasteiger partial charge >= 0.3 is 12.1 Å². The van der Waals surface area contributed by atoms with Crippen molar-refractivity contribution in [3.8, 4) is 0 Å². The molecule has 2 unspecified atom stereocenters. The summed E-state index contributed by atoms with van der Waals surface area (Å²) in [4.78, 5) is 38.4. The van der Waals surface area contributed by atoms with E-state index in [0.717, 1.165) is 55.8 Å². The van der Waals surface area contributed by atoms with Gasteiger partial charge in [-0.25, -0.2) is 4.79 Å². The van der Waals surface area contributed by atoms with Crippen LogP contribution in [0.5, 0.6) is 0 Å². The van der Waals surface area contributed by atoms with E-state index in [-0.39, 0.29) is 18.4 Å². The van der Waals surface area contributed by atoms with Gasteiger partial charge < -0.3 is 20.8 Å². The molecule has 6 fully saturated rings. The molecule has 0 aromatic heterocycles. The third-order valence-corrected chi connectivity index (χ3v) is 10.6. The minimum Gasteiger partial charge on any atom is -0.475 e. The first-order valence-electron chi connectivity index (χ1n) is 15.2. The van der Waals surface area contributed by atoms with Crippen molar-refractivity contribution < 1.29 is 37.8 Å². The van der Waals surface area contributed by atoms with E-state index in [0.29, 0.717) is 29.0 Å². The predicted molar refractivity (Wildman–Crippen MR) is 148 cm³/mol. The lowest BCUT2D eigenvalue weighted by atomic mass is 9.49. The maximum atomic E-state index is 12.8. The van der Waals surface area contributed by atoms with Crippen molar-refractivity contribution in [2.75, 3.05) is 26.2 Å². The molecule has 1 aromatic carbocycles. The molecule has 8 nitrogen and oxygen atoms in total. The molecule has 7 rings (SSSR count). The number of carbonyl (C=O) groups excluding carboxylic acids is 2. The first kappa shape index (κ1) is 30.8. The number of amides is 2. The second-order valence-electron chi connectivity index (χ2n) is 13.4. The van der Waals surface area contributed by atoms with Gasteiger partial charge in [0.05, 0.1) is 0 Å². The molecule has 1 aromatic rings. The fourth-order valence-electron chi connectivity index (χ4n) is 9.49. The van der Waals surface area contributed by atoms with Crippen LogP contribution in [0.4, 0.5) is 13.2 Å². The molecule has 4 saturated carbocycles. The van der Waals surface area contributed by atoms with Crippen LogP contribution in [0.1, 0.15) is 86.0 Å². The van der Waals surface area contributed by atoms with Crippen molar-refractivity contribution in [1.82, 2.24) is 9.80 Å². The fourth-order valence-corrected chi connectivity index (χ4v) is 9.49. The standard InChI is InChI=1S/C29H41N3O3.C2HF3O2/c30-28(35)26-4-2-1-3-25(26)22-12-23-5-6-24(13-22)32(23)8-7-31(27(34)17-33)18-29-14-19-9-20(15-29)11-21(10-19)16-29;3-2(4,5)1(6)7/h1-4,19-24,33H,5-18H2,(H2,30,35);(H,6,7). The second kappa shape index (κ2) is 12.1. The van der Waals surface area contributed by atoms with Gasteiger partial charge in [0, 0.05) is 37.3 Å². The van der Waals surface area contributed by atoms with Gasteiger partial charge in [0.2, 0.25) is 11.8 Å². The van der Waals surface area contributed by atoms with Gasteiger partial charge in [-0.05, 0) is 105 Å². The zero-order valence-electron chi connectivity index (χ0n) is 23.9. The Morgan fingerprint density at radius 3 is 1.95 bits per heavy atom. The van der Waals surface area contributed by atoms with E-state index in [4.69, 9.17) is 15.6 Å². The normalized spacial score (nSPS) is 33.1. The molecular weight excluding hydrogens is 551 g/mol. The molecule has 0 spiro atoms. The molecule has 11 heteroatoms. The molecular formula is C31H42F3N3O5. The third kappa shape index (κ3) is 6.61. The molecule has 2 aliphatic heterocycles. The van der Waals surface area contributed by atoms with Crippen LogP contribution in [0, 0.1) is 23.2 Å². The molecule has 4 aliphatic carbocycles. The number of aliphatic hydroxyl groups excluding tert-OH is 1. The average molecular weight is 594 g/mol. The first-order valence-corrected chi connectivity index (χ1v) is 15.2. The molecule has 2 saturated heterocycles. The maximum absolute atomic E-state index is 12.8. The highest BCUT2D eigenvalue weighted by molar-refractivity contribution is 5.94. The number of hydrogen-bond acceptors (Lipinski definition) is 5. The highest BCUT2D eigenvalue weighted by Crippen LogP contribution is 2.60. The Morgan fingerprint density at radius 2 is 1.48 bits per heavy atom. The first-order chi connectivity index (χ1) is 19.9. The summed E-state index contributed by atoms with van der Waals surface area (Å²) in [5.74, 6) is -0.222. The molecule has 42 heavy (non-hydrogen) atoms. The number of carbonyl (C=O) groups is 3. The molecule has 6 aliphatic rings. The molecule has 4 N–H and O–H groups in total. The predicted octanol–water partition coefficient (Wildman–Crippen LogP) is 4.17. The fraction of sp³-hybridized carbons (Fsp3) is 0.710. The maximum Gasteiger partial charge on any atom is 0.490 e. The van der Waals surface area contributed by atoms with Gasteiger partial charge in [0.1, 0.15) is 6.61 Å². The molecule has 2 amide bonds. The van der Waals surface area contributed by atoms with E-state index in [1.165, 1.54) is 51.4 Å². The Morgan fingerprint density at radius 1 is 0.952 bits per heavy atom. The van der Waals surface area contributed by atoms with Crippen LogP contribution in [-0.2, 0) is 9.59 Å². The number of aliphatic carboxylic acids is 1. The van der Waals surface area contributed by atoms with Gasteiger partial charge in [-0.3, -0.25) is 14.5 Å². The monoisotopic (exact) mass is 593 g/mol. The summed E-state index contributed by atoms with van der Waals surface area (Å²) in [6.45, 7) is 2.06. The van der Waals surface area contributed by atoms with E-state index in [1.807, 2.05) is 23.1 Å². The van der Waals surface area contributed by atoms with Crippen LogP contribution in [0.15, 0.2) is 24.3 Å². The third-order valence-electron chi connectivity index (χ3n) is 10.6. The number of nitrogens with two attached hydrogens (primary N) is 1. The zero-order chi connectivity index (χ0) is 30.2. The molecule has 0 radical (unpaired) electrons. The number of halogens is 3. The van der Waals surface area contributed by atoms with Crippen LogP contribution in [0.25, 0.3) is 0 Å². The van der Waals surface area contributed by atoms with Crippen molar-refractivity contribution in [1.29, 1.82) is 0 Å². The zero-order valence-corrected chi connectivity index (χ0v) is 23.9. The van der Waals surface area contributed by atoms with Crippen LogP contribution >= 0.6 is 0 Å². The lowest BCUT2D eigenvalue weighted by molar-refractivity contribution is -0.192. The number of primary amides is 1. The minimum absolute atomic E-state index is 0.0987. The highest BCUT2D eigenvalue weighted by Gasteiger charge is 2.52. The summed E-state index contributed by atoms with van der Waals surface area (Å²) in [6, 6.07) is 8.82. The SMILES string of the molecule is NC(=O)c1ccccc1C1CC2CCC(C1)N2CCN(CC12CC3CC(CC(C3)C1)C2)C(=O)CO.O=C(O)C(F)(F)F. The van der Waals surface area contributed by atoms with Gasteiger partial charge in [-0.1, -0.05) is 18.2 Å². The molecule has 232 valence electrons. The molecule has 2 heterocycles. The van der Waals surface area contributed by atoms with Crippen molar-refractivity contribution in [2.24, 2.45) is 28.9 Å². The minimum atomic E-state index is -5.08. The van der Waals surface area contributed by atoms with Gasteiger partial charge in [-0.15, -0.1) is 0 Å². The Labute approximate surface area is 244 Å². The van der Waals surface area contributed by atoms with Crippen LogP contribution in [-0.4, -0.2) is 82.3 Å². The number of alkyl halides is 3. The Balaban J connectivity index is 0.000000451. The number of piperidine rings is 1. The summed E-state index contributed by atoms with van der Waals surface area (Å²) in [5, 5.41) is 16.9. The van der Waals surface area contributed by atoms with Crippen LogP contribution in [0.3, 0.4) is 0 Å². The number of aliphatic hydroxyl groups is 1. The van der Waals surface area contributed by atoms with Crippen molar-refractivity contribution in [2.45, 2.75) is 88.4 Å². The van der Waals surface area contributed by atoms with E-state index in [2.05, 4.69) is 11.0 Å². The second-order valence-corrected chi connectivity index (χ2v) is 13.4.